The Morgan fingerprint density at radius 3 is 2.79 bits per heavy atom. The Balaban J connectivity index is 1.43. The van der Waals surface area contributed by atoms with Crippen molar-refractivity contribution in [1.82, 2.24) is 15.1 Å². The fourth-order valence-electron chi connectivity index (χ4n) is 4.20. The smallest absolute Gasteiger partial charge is 0.320 e. The first-order chi connectivity index (χ1) is 16.1. The maximum atomic E-state index is 12.9. The standard InChI is InChI=1S/C25H22N4O3S/c30-24(31)14-16-5-3-7-18(13-16)29-23(15-21(28-29)22-9-4-12-33-22)27-25(32)26-20-11-10-17-6-1-2-8-19(17)20/h1-9,12-13,15,20H,10-11,14H2,(H,30,31)(H2,26,27,32)/t20-/m0/s1. The Morgan fingerprint density at radius 2 is 1.97 bits per heavy atom. The fourth-order valence-corrected chi connectivity index (χ4v) is 4.88. The van der Waals surface area contributed by atoms with Gasteiger partial charge in [0.2, 0.25) is 0 Å². The zero-order valence-corrected chi connectivity index (χ0v) is 18.5. The van der Waals surface area contributed by atoms with Gasteiger partial charge in [0, 0.05) is 6.07 Å². The number of hydrogen-bond donors (Lipinski definition) is 3. The predicted molar refractivity (Wildman–Crippen MR) is 128 cm³/mol. The van der Waals surface area contributed by atoms with Gasteiger partial charge in [-0.1, -0.05) is 42.5 Å². The number of urea groups is 1. The van der Waals surface area contributed by atoms with Gasteiger partial charge in [0.05, 0.1) is 23.0 Å². The SMILES string of the molecule is O=C(O)Cc1cccc(-n2nc(-c3cccs3)cc2NC(=O)N[C@H]2CCc3ccccc32)c1. The average Bonchev–Trinajstić information content (AvgIpc) is 3.54. The molecule has 166 valence electrons. The van der Waals surface area contributed by atoms with Gasteiger partial charge in [-0.25, -0.2) is 9.48 Å². The number of carboxylic acid groups (broad SMARTS) is 1. The summed E-state index contributed by atoms with van der Waals surface area (Å²) in [6.45, 7) is 0. The first-order valence-corrected chi connectivity index (χ1v) is 11.5. The normalized spacial score (nSPS) is 14.6. The molecule has 3 N–H and O–H groups in total. The van der Waals surface area contributed by atoms with Crippen LogP contribution in [0.4, 0.5) is 10.6 Å². The van der Waals surface area contributed by atoms with Gasteiger partial charge in [-0.05, 0) is 53.1 Å². The highest BCUT2D eigenvalue weighted by Crippen LogP contribution is 2.31. The van der Waals surface area contributed by atoms with Gasteiger partial charge in [-0.15, -0.1) is 11.3 Å². The van der Waals surface area contributed by atoms with Crippen molar-refractivity contribution in [3.8, 4) is 16.3 Å². The number of nitrogens with one attached hydrogen (secondary N) is 2. The van der Waals surface area contributed by atoms with E-state index in [0.717, 1.165) is 29.0 Å². The molecular weight excluding hydrogens is 436 g/mol. The Kier molecular flexibility index (Phi) is 5.66. The van der Waals surface area contributed by atoms with E-state index in [9.17, 15) is 9.59 Å². The second-order valence-electron chi connectivity index (χ2n) is 7.93. The number of benzene rings is 2. The first kappa shape index (κ1) is 21.0. The molecule has 0 saturated carbocycles. The number of rotatable bonds is 6. The van der Waals surface area contributed by atoms with Gasteiger partial charge in [0.25, 0.3) is 0 Å². The number of aromatic nitrogens is 2. The number of hydrogen-bond acceptors (Lipinski definition) is 4. The van der Waals surface area contributed by atoms with Crippen molar-refractivity contribution < 1.29 is 14.7 Å². The molecule has 7 nitrogen and oxygen atoms in total. The van der Waals surface area contributed by atoms with Crippen molar-refractivity contribution in [1.29, 1.82) is 0 Å². The summed E-state index contributed by atoms with van der Waals surface area (Å²) in [6.07, 6.45) is 1.72. The van der Waals surface area contributed by atoms with Crippen LogP contribution in [0.1, 0.15) is 29.2 Å². The molecule has 8 heteroatoms. The minimum Gasteiger partial charge on any atom is -0.481 e. The van der Waals surface area contributed by atoms with Gasteiger partial charge in [-0.3, -0.25) is 10.1 Å². The molecule has 2 amide bonds. The zero-order valence-electron chi connectivity index (χ0n) is 17.7. The topological polar surface area (TPSA) is 96.2 Å². The lowest BCUT2D eigenvalue weighted by atomic mass is 10.1. The summed E-state index contributed by atoms with van der Waals surface area (Å²) < 4.78 is 1.64. The summed E-state index contributed by atoms with van der Waals surface area (Å²) in [6, 6.07) is 20.7. The van der Waals surface area contributed by atoms with Gasteiger partial charge < -0.3 is 10.4 Å². The summed E-state index contributed by atoms with van der Waals surface area (Å²) in [5.41, 5.74) is 4.49. The van der Waals surface area contributed by atoms with Crippen molar-refractivity contribution in [2.75, 3.05) is 5.32 Å². The molecule has 2 heterocycles. The zero-order chi connectivity index (χ0) is 22.8. The molecule has 0 bridgehead atoms. The van der Waals surface area contributed by atoms with E-state index in [0.29, 0.717) is 17.1 Å². The van der Waals surface area contributed by atoms with Crippen molar-refractivity contribution in [2.45, 2.75) is 25.3 Å². The third-order valence-corrected chi connectivity index (χ3v) is 6.57. The van der Waals surface area contributed by atoms with Crippen molar-refractivity contribution in [2.24, 2.45) is 0 Å². The maximum absolute atomic E-state index is 12.9. The minimum absolute atomic E-state index is 0.0340. The van der Waals surface area contributed by atoms with Crippen LogP contribution < -0.4 is 10.6 Å². The van der Waals surface area contributed by atoms with E-state index in [1.807, 2.05) is 41.8 Å². The first-order valence-electron chi connectivity index (χ1n) is 10.7. The minimum atomic E-state index is -0.901. The number of carbonyl (C=O) groups excluding carboxylic acids is 1. The number of fused-ring (bicyclic) bond motifs is 1. The molecular formula is C25H22N4O3S. The fraction of sp³-hybridized carbons (Fsp3) is 0.160. The van der Waals surface area contributed by atoms with Crippen LogP contribution >= 0.6 is 11.3 Å². The Bertz CT molecular complexity index is 1310. The van der Waals surface area contributed by atoms with Crippen molar-refractivity contribution in [3.63, 3.8) is 0 Å². The molecule has 4 aromatic rings. The quantitative estimate of drug-likeness (QED) is 0.377. The molecule has 0 spiro atoms. The van der Waals surface area contributed by atoms with E-state index in [1.54, 1.807) is 34.2 Å². The Hall–Kier alpha value is -3.91. The van der Waals surface area contributed by atoms with Crippen LogP contribution in [0, 0.1) is 0 Å². The summed E-state index contributed by atoms with van der Waals surface area (Å²) >= 11 is 1.56. The summed E-state index contributed by atoms with van der Waals surface area (Å²) in [5, 5.41) is 21.8. The molecule has 0 radical (unpaired) electrons. The van der Waals surface area contributed by atoms with Crippen LogP contribution in [0.5, 0.6) is 0 Å². The second kappa shape index (κ2) is 8.91. The van der Waals surface area contributed by atoms with Crippen LogP contribution in [0.3, 0.4) is 0 Å². The number of aryl methyl sites for hydroxylation is 1. The van der Waals surface area contributed by atoms with Crippen LogP contribution in [0.15, 0.2) is 72.1 Å². The monoisotopic (exact) mass is 458 g/mol. The number of anilines is 1. The van der Waals surface area contributed by atoms with Crippen molar-refractivity contribution >= 4 is 29.2 Å². The second-order valence-corrected chi connectivity index (χ2v) is 8.88. The summed E-state index contributed by atoms with van der Waals surface area (Å²) in [4.78, 5) is 25.1. The Labute approximate surface area is 194 Å². The summed E-state index contributed by atoms with van der Waals surface area (Å²) in [7, 11) is 0. The lowest BCUT2D eigenvalue weighted by Crippen LogP contribution is -2.32. The van der Waals surface area contributed by atoms with Gasteiger partial charge in [0.1, 0.15) is 11.5 Å². The number of nitrogens with zero attached hydrogens (tertiary/aromatic N) is 2. The molecule has 0 unspecified atom stereocenters. The molecule has 1 aliphatic carbocycles. The van der Waals surface area contributed by atoms with E-state index in [2.05, 4.69) is 22.8 Å². The van der Waals surface area contributed by atoms with Crippen LogP contribution in [-0.4, -0.2) is 26.9 Å². The summed E-state index contributed by atoms with van der Waals surface area (Å²) in [5.74, 6) is -0.392. The number of aliphatic carboxylic acids is 1. The van der Waals surface area contributed by atoms with Gasteiger partial charge >= 0.3 is 12.0 Å². The third-order valence-electron chi connectivity index (χ3n) is 5.67. The molecule has 2 aromatic heterocycles. The number of amides is 2. The van der Waals surface area contributed by atoms with E-state index in [-0.39, 0.29) is 18.5 Å². The van der Waals surface area contributed by atoms with E-state index < -0.39 is 5.97 Å². The molecule has 0 aliphatic heterocycles. The molecule has 1 atom stereocenters. The van der Waals surface area contributed by atoms with Crippen LogP contribution in [-0.2, 0) is 17.6 Å². The van der Waals surface area contributed by atoms with Crippen LogP contribution in [0.25, 0.3) is 16.3 Å². The molecule has 2 aromatic carbocycles. The number of carboxylic acids is 1. The Morgan fingerprint density at radius 1 is 1.09 bits per heavy atom. The molecule has 1 aliphatic rings. The highest BCUT2D eigenvalue weighted by molar-refractivity contribution is 7.13. The lowest BCUT2D eigenvalue weighted by molar-refractivity contribution is -0.136. The van der Waals surface area contributed by atoms with Gasteiger partial charge in [0.15, 0.2) is 0 Å². The predicted octanol–water partition coefficient (Wildman–Crippen LogP) is 5.04. The lowest BCUT2D eigenvalue weighted by Gasteiger charge is -2.15. The highest BCUT2D eigenvalue weighted by Gasteiger charge is 2.24. The van der Waals surface area contributed by atoms with E-state index in [4.69, 9.17) is 10.2 Å². The number of thiophene rings is 1. The van der Waals surface area contributed by atoms with E-state index >= 15 is 0 Å². The third kappa shape index (κ3) is 4.51. The highest BCUT2D eigenvalue weighted by atomic mass is 32.1. The van der Waals surface area contributed by atoms with Crippen molar-refractivity contribution in [3.05, 3.63) is 88.8 Å². The molecule has 0 fully saturated rings. The largest absolute Gasteiger partial charge is 0.481 e. The van der Waals surface area contributed by atoms with E-state index in [1.165, 1.54) is 5.56 Å². The maximum Gasteiger partial charge on any atom is 0.320 e. The number of carbonyl (C=O) groups is 2. The molecule has 33 heavy (non-hydrogen) atoms. The average molecular weight is 459 g/mol. The van der Waals surface area contributed by atoms with Gasteiger partial charge in [-0.2, -0.15) is 5.10 Å². The van der Waals surface area contributed by atoms with Crippen LogP contribution in [0.2, 0.25) is 0 Å². The molecule has 0 saturated heterocycles. The molecule has 5 rings (SSSR count).